The van der Waals surface area contributed by atoms with Crippen LogP contribution in [0.2, 0.25) is 0 Å². The summed E-state index contributed by atoms with van der Waals surface area (Å²) in [4.78, 5) is 6.23. The van der Waals surface area contributed by atoms with Crippen LogP contribution >= 0.6 is 0 Å². The highest BCUT2D eigenvalue weighted by atomic mass is 15.2. The summed E-state index contributed by atoms with van der Waals surface area (Å²) in [5.41, 5.74) is 1.07. The fourth-order valence-electron chi connectivity index (χ4n) is 1.90. The molecule has 0 aliphatic carbocycles. The summed E-state index contributed by atoms with van der Waals surface area (Å²) in [6.45, 7) is 0.976. The van der Waals surface area contributed by atoms with Gasteiger partial charge in [0.2, 0.25) is 0 Å². The first-order valence-corrected chi connectivity index (χ1v) is 4.98. The molecule has 14 heavy (non-hydrogen) atoms. The summed E-state index contributed by atoms with van der Waals surface area (Å²) in [5.74, 6) is 0. The molecule has 0 amide bonds. The van der Waals surface area contributed by atoms with Crippen LogP contribution in [-0.2, 0) is 0 Å². The molecule has 0 bridgehead atoms. The van der Waals surface area contributed by atoms with Crippen LogP contribution in [0.15, 0.2) is 24.5 Å². The number of pyridine rings is 1. The van der Waals surface area contributed by atoms with E-state index in [1.54, 1.807) is 6.20 Å². The summed E-state index contributed by atoms with van der Waals surface area (Å²) in [6, 6.07) is 6.32. The highest BCUT2D eigenvalue weighted by Crippen LogP contribution is 2.23. The Bertz CT molecular complexity index is 328. The van der Waals surface area contributed by atoms with E-state index in [0.717, 1.165) is 25.1 Å². The van der Waals surface area contributed by atoms with E-state index in [2.05, 4.69) is 16.0 Å². The summed E-state index contributed by atoms with van der Waals surface area (Å²) in [7, 11) is 0. The first-order valence-electron chi connectivity index (χ1n) is 4.98. The summed E-state index contributed by atoms with van der Waals surface area (Å²) in [6.07, 6.45) is 6.90. The van der Waals surface area contributed by atoms with E-state index in [9.17, 15) is 0 Å². The van der Waals surface area contributed by atoms with Crippen molar-refractivity contribution in [2.24, 2.45) is 0 Å². The van der Waals surface area contributed by atoms with Crippen LogP contribution in [0.4, 0.5) is 5.69 Å². The number of hydrogen-bond acceptors (Lipinski definition) is 3. The maximum absolute atomic E-state index is 9.01. The van der Waals surface area contributed by atoms with Crippen LogP contribution in [-0.4, -0.2) is 17.6 Å². The van der Waals surface area contributed by atoms with E-state index >= 15 is 0 Å². The molecule has 1 atom stereocenters. The lowest BCUT2D eigenvalue weighted by atomic mass is 10.0. The molecule has 0 saturated carbocycles. The molecular formula is C11H13N3. The van der Waals surface area contributed by atoms with Crippen molar-refractivity contribution in [3.05, 3.63) is 24.5 Å². The number of nitriles is 1. The third kappa shape index (κ3) is 1.69. The molecule has 0 spiro atoms. The van der Waals surface area contributed by atoms with Gasteiger partial charge in [-0.15, -0.1) is 0 Å². The van der Waals surface area contributed by atoms with E-state index in [1.807, 2.05) is 18.3 Å². The Balaban J connectivity index is 2.20. The minimum atomic E-state index is 0.0351. The predicted octanol–water partition coefficient (Wildman–Crippen LogP) is 1.96. The van der Waals surface area contributed by atoms with Gasteiger partial charge < -0.3 is 4.90 Å². The van der Waals surface area contributed by atoms with E-state index in [4.69, 9.17) is 5.26 Å². The van der Waals surface area contributed by atoms with E-state index in [1.165, 1.54) is 6.42 Å². The zero-order chi connectivity index (χ0) is 9.80. The van der Waals surface area contributed by atoms with E-state index in [0.29, 0.717) is 0 Å². The predicted molar refractivity (Wildman–Crippen MR) is 54.8 cm³/mol. The van der Waals surface area contributed by atoms with Crippen LogP contribution < -0.4 is 4.90 Å². The van der Waals surface area contributed by atoms with Gasteiger partial charge in [-0.05, 0) is 31.4 Å². The van der Waals surface area contributed by atoms with Crippen LogP contribution in [0.3, 0.4) is 0 Å². The highest BCUT2D eigenvalue weighted by molar-refractivity contribution is 5.46. The standard InChI is InChI=1S/C11H13N3/c12-8-10-4-1-2-7-14(10)11-5-3-6-13-9-11/h3,5-6,9-10H,1-2,4,7H2/t10-/m0/s1. The number of aromatic nitrogens is 1. The minimum absolute atomic E-state index is 0.0351. The van der Waals surface area contributed by atoms with Gasteiger partial charge in [0.25, 0.3) is 0 Å². The number of nitrogens with zero attached hydrogens (tertiary/aromatic N) is 3. The molecule has 1 saturated heterocycles. The minimum Gasteiger partial charge on any atom is -0.354 e. The van der Waals surface area contributed by atoms with Crippen molar-refractivity contribution in [2.75, 3.05) is 11.4 Å². The van der Waals surface area contributed by atoms with Crippen molar-refractivity contribution in [1.29, 1.82) is 5.26 Å². The molecule has 0 N–H and O–H groups in total. The molecule has 2 rings (SSSR count). The van der Waals surface area contributed by atoms with Gasteiger partial charge in [-0.3, -0.25) is 4.98 Å². The second-order valence-electron chi connectivity index (χ2n) is 3.55. The lowest BCUT2D eigenvalue weighted by Gasteiger charge is -2.32. The molecular weight excluding hydrogens is 174 g/mol. The first kappa shape index (κ1) is 9.01. The van der Waals surface area contributed by atoms with Crippen molar-refractivity contribution in [1.82, 2.24) is 4.98 Å². The van der Waals surface area contributed by atoms with Gasteiger partial charge in [-0.1, -0.05) is 0 Å². The molecule has 1 aliphatic rings. The molecule has 1 aromatic rings. The van der Waals surface area contributed by atoms with Crippen LogP contribution in [0.25, 0.3) is 0 Å². The average molecular weight is 187 g/mol. The van der Waals surface area contributed by atoms with Gasteiger partial charge in [0.1, 0.15) is 6.04 Å². The van der Waals surface area contributed by atoms with Gasteiger partial charge in [0.15, 0.2) is 0 Å². The third-order valence-corrected chi connectivity index (χ3v) is 2.63. The van der Waals surface area contributed by atoms with Crippen LogP contribution in [0, 0.1) is 11.3 Å². The molecule has 1 aliphatic heterocycles. The molecule has 0 aromatic carbocycles. The molecule has 2 heterocycles. The molecule has 72 valence electrons. The van der Waals surface area contributed by atoms with E-state index < -0.39 is 0 Å². The van der Waals surface area contributed by atoms with Gasteiger partial charge in [-0.25, -0.2) is 0 Å². The lowest BCUT2D eigenvalue weighted by Crippen LogP contribution is -2.38. The van der Waals surface area contributed by atoms with Crippen molar-refractivity contribution in [3.8, 4) is 6.07 Å². The topological polar surface area (TPSA) is 39.9 Å². The third-order valence-electron chi connectivity index (χ3n) is 2.63. The second kappa shape index (κ2) is 4.10. The van der Waals surface area contributed by atoms with Crippen molar-refractivity contribution in [2.45, 2.75) is 25.3 Å². The van der Waals surface area contributed by atoms with Gasteiger partial charge >= 0.3 is 0 Å². The number of hydrogen-bond donors (Lipinski definition) is 0. The fraction of sp³-hybridized carbons (Fsp3) is 0.455. The Morgan fingerprint density at radius 3 is 3.14 bits per heavy atom. The lowest BCUT2D eigenvalue weighted by molar-refractivity contribution is 0.520. The van der Waals surface area contributed by atoms with Crippen molar-refractivity contribution < 1.29 is 0 Å². The summed E-state index contributed by atoms with van der Waals surface area (Å²) < 4.78 is 0. The average Bonchev–Trinajstić information content (AvgIpc) is 2.30. The van der Waals surface area contributed by atoms with Crippen LogP contribution in [0.5, 0.6) is 0 Å². The Hall–Kier alpha value is -1.56. The Morgan fingerprint density at radius 2 is 2.43 bits per heavy atom. The largest absolute Gasteiger partial charge is 0.354 e. The SMILES string of the molecule is N#C[C@@H]1CCCCN1c1cccnc1. The van der Waals surface area contributed by atoms with Gasteiger partial charge in [-0.2, -0.15) is 5.26 Å². The molecule has 3 nitrogen and oxygen atoms in total. The molecule has 3 heteroatoms. The second-order valence-corrected chi connectivity index (χ2v) is 3.55. The number of rotatable bonds is 1. The Morgan fingerprint density at radius 1 is 1.50 bits per heavy atom. The van der Waals surface area contributed by atoms with Gasteiger partial charge in [0.05, 0.1) is 18.0 Å². The Labute approximate surface area is 84.0 Å². The zero-order valence-corrected chi connectivity index (χ0v) is 8.06. The zero-order valence-electron chi connectivity index (χ0n) is 8.06. The van der Waals surface area contributed by atoms with Crippen LogP contribution in [0.1, 0.15) is 19.3 Å². The maximum Gasteiger partial charge on any atom is 0.116 e. The number of piperidine rings is 1. The monoisotopic (exact) mass is 187 g/mol. The molecule has 1 fully saturated rings. The summed E-state index contributed by atoms with van der Waals surface area (Å²) >= 11 is 0. The van der Waals surface area contributed by atoms with Crippen molar-refractivity contribution in [3.63, 3.8) is 0 Å². The smallest absolute Gasteiger partial charge is 0.116 e. The first-order chi connectivity index (χ1) is 6.92. The highest BCUT2D eigenvalue weighted by Gasteiger charge is 2.21. The van der Waals surface area contributed by atoms with E-state index in [-0.39, 0.29) is 6.04 Å². The normalized spacial score (nSPS) is 21.6. The fourth-order valence-corrected chi connectivity index (χ4v) is 1.90. The Kier molecular flexibility index (Phi) is 2.64. The molecule has 0 unspecified atom stereocenters. The summed E-state index contributed by atoms with van der Waals surface area (Å²) in [5, 5.41) is 9.01. The number of anilines is 1. The van der Waals surface area contributed by atoms with Crippen molar-refractivity contribution >= 4 is 5.69 Å². The maximum atomic E-state index is 9.01. The van der Waals surface area contributed by atoms with Gasteiger partial charge in [0, 0.05) is 12.7 Å². The molecule has 0 radical (unpaired) electrons. The quantitative estimate of drug-likeness (QED) is 0.674. The molecule has 1 aromatic heterocycles.